The second-order valence-electron chi connectivity index (χ2n) is 4.58. The Kier molecular flexibility index (Phi) is 4.04. The van der Waals surface area contributed by atoms with Gasteiger partial charge in [-0.3, -0.25) is 4.79 Å². The van der Waals surface area contributed by atoms with Crippen molar-refractivity contribution in [3.63, 3.8) is 0 Å². The van der Waals surface area contributed by atoms with Gasteiger partial charge < -0.3 is 11.1 Å². The summed E-state index contributed by atoms with van der Waals surface area (Å²) in [5.74, 6) is -0.485. The van der Waals surface area contributed by atoms with E-state index in [1.807, 2.05) is 0 Å². The van der Waals surface area contributed by atoms with Gasteiger partial charge in [0.05, 0.1) is 0 Å². The van der Waals surface area contributed by atoms with Crippen LogP contribution in [0, 0.1) is 0 Å². The zero-order chi connectivity index (χ0) is 14.0. The molecule has 1 heterocycles. The minimum atomic E-state index is -3.81. The molecule has 0 aromatic carbocycles. The number of anilines is 1. The van der Waals surface area contributed by atoms with Crippen LogP contribution in [0.1, 0.15) is 32.6 Å². The summed E-state index contributed by atoms with van der Waals surface area (Å²) < 4.78 is 24.1. The Bertz CT molecular complexity index is 563. The highest BCUT2D eigenvalue weighted by molar-refractivity contribution is 7.94. The van der Waals surface area contributed by atoms with Crippen molar-refractivity contribution >= 4 is 32.2 Å². The molecule has 3 N–H and O–H groups in total. The second kappa shape index (κ2) is 5.41. The molecule has 1 fully saturated rings. The van der Waals surface area contributed by atoms with Crippen LogP contribution in [-0.4, -0.2) is 35.8 Å². The molecule has 1 aromatic rings. The second-order valence-corrected chi connectivity index (χ2v) is 8.03. The molecule has 19 heavy (non-hydrogen) atoms. The fourth-order valence-corrected chi connectivity index (χ4v) is 4.32. The number of nitrogens with two attached hydrogens (primary N) is 1. The van der Waals surface area contributed by atoms with Gasteiger partial charge in [-0.2, -0.15) is 0 Å². The summed E-state index contributed by atoms with van der Waals surface area (Å²) in [5.41, 5.74) is 5.36. The lowest BCUT2D eigenvalue weighted by Gasteiger charge is -2.15. The Balaban J connectivity index is 2.09. The Morgan fingerprint density at radius 1 is 1.42 bits per heavy atom. The molecule has 0 aliphatic heterocycles. The van der Waals surface area contributed by atoms with E-state index >= 15 is 0 Å². The molecule has 1 aliphatic carbocycles. The van der Waals surface area contributed by atoms with Crippen molar-refractivity contribution in [2.45, 2.75) is 48.2 Å². The molecule has 1 aromatic heterocycles. The molecule has 1 atom stereocenters. The van der Waals surface area contributed by atoms with Crippen LogP contribution in [0.5, 0.6) is 0 Å². The van der Waals surface area contributed by atoms with Crippen LogP contribution in [0.4, 0.5) is 5.13 Å². The third-order valence-corrected chi connectivity index (χ3v) is 6.41. The minimum absolute atomic E-state index is 0.0713. The van der Waals surface area contributed by atoms with Gasteiger partial charge in [0.15, 0.2) is 0 Å². The van der Waals surface area contributed by atoms with Crippen LogP contribution in [0.15, 0.2) is 4.34 Å². The number of sulfone groups is 1. The van der Waals surface area contributed by atoms with E-state index in [0.29, 0.717) is 0 Å². The first-order valence-corrected chi connectivity index (χ1v) is 8.41. The number of carbonyl (C=O) groups is 1. The maximum atomic E-state index is 12.2. The van der Waals surface area contributed by atoms with Gasteiger partial charge in [-0.1, -0.05) is 24.2 Å². The van der Waals surface area contributed by atoms with Gasteiger partial charge in [-0.05, 0) is 19.8 Å². The lowest BCUT2D eigenvalue weighted by Crippen LogP contribution is -2.42. The summed E-state index contributed by atoms with van der Waals surface area (Å²) in [5, 5.41) is 8.62. The number of hydrogen-bond acceptors (Lipinski definition) is 7. The molecule has 2 rings (SSSR count). The van der Waals surface area contributed by atoms with E-state index in [1.54, 1.807) is 0 Å². The van der Waals surface area contributed by atoms with Gasteiger partial charge in [0.2, 0.25) is 25.2 Å². The van der Waals surface area contributed by atoms with Gasteiger partial charge in [-0.25, -0.2) is 8.42 Å². The molecule has 0 spiro atoms. The first-order valence-electron chi connectivity index (χ1n) is 6.04. The van der Waals surface area contributed by atoms with E-state index in [0.717, 1.165) is 37.0 Å². The monoisotopic (exact) mass is 304 g/mol. The SMILES string of the molecule is CC(C(=O)NC1CCCC1)S(=O)(=O)c1nnc(N)s1. The fraction of sp³-hybridized carbons (Fsp3) is 0.700. The zero-order valence-corrected chi connectivity index (χ0v) is 12.1. The Morgan fingerprint density at radius 2 is 2.05 bits per heavy atom. The number of amides is 1. The number of nitrogens with zero attached hydrogens (tertiary/aromatic N) is 2. The quantitative estimate of drug-likeness (QED) is 0.829. The molecular formula is C10H16N4O3S2. The van der Waals surface area contributed by atoms with Crippen LogP contribution in [-0.2, 0) is 14.6 Å². The number of nitrogen functional groups attached to an aromatic ring is 1. The van der Waals surface area contributed by atoms with E-state index in [4.69, 9.17) is 5.73 Å². The van der Waals surface area contributed by atoms with E-state index < -0.39 is 21.0 Å². The molecule has 0 bridgehead atoms. The predicted octanol–water partition coefficient (Wildman–Crippen LogP) is 0.341. The van der Waals surface area contributed by atoms with Gasteiger partial charge in [0.1, 0.15) is 5.25 Å². The standard InChI is InChI=1S/C10H16N4O3S2/c1-6(8(15)12-7-4-2-3-5-7)19(16,17)10-14-13-9(11)18-10/h6-7H,2-5H2,1H3,(H2,11,13)(H,12,15). The van der Waals surface area contributed by atoms with Crippen molar-refractivity contribution < 1.29 is 13.2 Å². The highest BCUT2D eigenvalue weighted by atomic mass is 32.2. The fourth-order valence-electron chi connectivity index (χ4n) is 2.02. The number of hydrogen-bond donors (Lipinski definition) is 2. The van der Waals surface area contributed by atoms with E-state index in [1.165, 1.54) is 6.92 Å². The highest BCUT2D eigenvalue weighted by Crippen LogP contribution is 2.23. The number of nitrogens with one attached hydrogen (secondary N) is 1. The summed E-state index contributed by atoms with van der Waals surface area (Å²) in [6.45, 7) is 1.36. The molecule has 1 amide bonds. The van der Waals surface area contributed by atoms with Crippen LogP contribution in [0.3, 0.4) is 0 Å². The van der Waals surface area contributed by atoms with E-state index in [2.05, 4.69) is 15.5 Å². The third kappa shape index (κ3) is 3.03. The van der Waals surface area contributed by atoms with Crippen LogP contribution >= 0.6 is 11.3 Å². The third-order valence-electron chi connectivity index (χ3n) is 3.20. The number of aromatic nitrogens is 2. The van der Waals surface area contributed by atoms with Crippen molar-refractivity contribution in [1.29, 1.82) is 0 Å². The van der Waals surface area contributed by atoms with E-state index in [-0.39, 0.29) is 15.5 Å². The molecule has 1 unspecified atom stereocenters. The van der Waals surface area contributed by atoms with Crippen LogP contribution in [0.2, 0.25) is 0 Å². The van der Waals surface area contributed by atoms with Crippen molar-refractivity contribution in [3.05, 3.63) is 0 Å². The lowest BCUT2D eigenvalue weighted by molar-refractivity contribution is -0.121. The maximum absolute atomic E-state index is 12.2. The maximum Gasteiger partial charge on any atom is 0.238 e. The topological polar surface area (TPSA) is 115 Å². The van der Waals surface area contributed by atoms with Gasteiger partial charge in [-0.15, -0.1) is 10.2 Å². The van der Waals surface area contributed by atoms with Crippen LogP contribution in [0.25, 0.3) is 0 Å². The molecule has 0 saturated heterocycles. The molecule has 7 nitrogen and oxygen atoms in total. The van der Waals surface area contributed by atoms with Gasteiger partial charge in [0, 0.05) is 6.04 Å². The van der Waals surface area contributed by atoms with Crippen LogP contribution < -0.4 is 11.1 Å². The van der Waals surface area contributed by atoms with Crippen molar-refractivity contribution in [1.82, 2.24) is 15.5 Å². The summed E-state index contributed by atoms with van der Waals surface area (Å²) in [6.07, 6.45) is 3.95. The smallest absolute Gasteiger partial charge is 0.238 e. The van der Waals surface area contributed by atoms with Gasteiger partial charge in [0.25, 0.3) is 0 Å². The normalized spacial score (nSPS) is 18.4. The summed E-state index contributed by atoms with van der Waals surface area (Å²) in [4.78, 5) is 12.0. The van der Waals surface area contributed by atoms with Crippen molar-refractivity contribution in [2.75, 3.05) is 5.73 Å². The summed E-state index contributed by atoms with van der Waals surface area (Å²) in [7, 11) is -3.81. The first-order chi connectivity index (χ1) is 8.91. The Morgan fingerprint density at radius 3 is 2.58 bits per heavy atom. The number of rotatable bonds is 4. The predicted molar refractivity (Wildman–Crippen MR) is 71.4 cm³/mol. The zero-order valence-electron chi connectivity index (χ0n) is 10.5. The molecule has 9 heteroatoms. The molecule has 0 radical (unpaired) electrons. The molecule has 106 valence electrons. The minimum Gasteiger partial charge on any atom is -0.374 e. The highest BCUT2D eigenvalue weighted by Gasteiger charge is 2.34. The average Bonchev–Trinajstić information content (AvgIpc) is 2.99. The van der Waals surface area contributed by atoms with E-state index in [9.17, 15) is 13.2 Å². The largest absolute Gasteiger partial charge is 0.374 e. The number of carbonyl (C=O) groups excluding carboxylic acids is 1. The average molecular weight is 304 g/mol. The lowest BCUT2D eigenvalue weighted by atomic mass is 10.2. The molecule has 1 saturated carbocycles. The summed E-state index contributed by atoms with van der Waals surface area (Å²) >= 11 is 0.771. The Hall–Kier alpha value is -1.22. The molecule has 1 aliphatic rings. The van der Waals surface area contributed by atoms with Gasteiger partial charge >= 0.3 is 0 Å². The Labute approximate surface area is 115 Å². The van der Waals surface area contributed by atoms with Crippen molar-refractivity contribution in [3.8, 4) is 0 Å². The first kappa shape index (κ1) is 14.2. The molecular weight excluding hydrogens is 288 g/mol. The van der Waals surface area contributed by atoms with Crippen molar-refractivity contribution in [2.24, 2.45) is 0 Å². The summed E-state index contributed by atoms with van der Waals surface area (Å²) in [6, 6.07) is 0.0876.